The molecule has 1 N–H and O–H groups in total. The number of aliphatic carboxylic acids is 1. The second-order valence-corrected chi connectivity index (χ2v) is 6.04. The number of ether oxygens (including phenoxy) is 1. The van der Waals surface area contributed by atoms with Crippen LogP contribution in [0.5, 0.6) is 0 Å². The van der Waals surface area contributed by atoms with Gasteiger partial charge in [0, 0.05) is 19.6 Å². The highest BCUT2D eigenvalue weighted by Gasteiger charge is 2.35. The molecule has 0 aliphatic carbocycles. The predicted octanol–water partition coefficient (Wildman–Crippen LogP) is 1.98. The molecule has 1 aromatic rings. The molecule has 3 rings (SSSR count). The molecule has 5 heteroatoms. The van der Waals surface area contributed by atoms with Gasteiger partial charge in [-0.15, -0.1) is 0 Å². The first-order chi connectivity index (χ1) is 10.6. The van der Waals surface area contributed by atoms with Crippen molar-refractivity contribution in [1.82, 2.24) is 4.90 Å². The maximum absolute atomic E-state index is 12.6. The SMILES string of the molecule is O=C(O)C1Cc2ccccc2CN1C(=O)CC1CCCCO1. The Morgan fingerprint density at radius 2 is 2.00 bits per heavy atom. The van der Waals surface area contributed by atoms with Gasteiger partial charge in [-0.05, 0) is 30.4 Å². The summed E-state index contributed by atoms with van der Waals surface area (Å²) in [5, 5.41) is 9.46. The number of carbonyl (C=O) groups excluding carboxylic acids is 1. The maximum atomic E-state index is 12.6. The quantitative estimate of drug-likeness (QED) is 0.927. The van der Waals surface area contributed by atoms with E-state index in [-0.39, 0.29) is 18.4 Å². The number of fused-ring (bicyclic) bond motifs is 1. The second kappa shape index (κ2) is 6.48. The molecule has 2 heterocycles. The molecule has 2 unspecified atom stereocenters. The molecule has 5 nitrogen and oxygen atoms in total. The van der Waals surface area contributed by atoms with Gasteiger partial charge in [-0.25, -0.2) is 4.79 Å². The number of carbonyl (C=O) groups is 2. The van der Waals surface area contributed by atoms with E-state index in [0.717, 1.165) is 30.4 Å². The Morgan fingerprint density at radius 3 is 2.68 bits per heavy atom. The third-order valence-electron chi connectivity index (χ3n) is 4.53. The van der Waals surface area contributed by atoms with E-state index >= 15 is 0 Å². The van der Waals surface area contributed by atoms with E-state index in [0.29, 0.717) is 19.6 Å². The van der Waals surface area contributed by atoms with Gasteiger partial charge >= 0.3 is 5.97 Å². The van der Waals surface area contributed by atoms with Crippen LogP contribution in [-0.4, -0.2) is 40.6 Å². The Morgan fingerprint density at radius 1 is 1.23 bits per heavy atom. The molecule has 1 aromatic carbocycles. The van der Waals surface area contributed by atoms with Crippen LogP contribution in [0.4, 0.5) is 0 Å². The summed E-state index contributed by atoms with van der Waals surface area (Å²) in [6, 6.07) is 6.96. The summed E-state index contributed by atoms with van der Waals surface area (Å²) in [5.74, 6) is -1.05. The number of carboxylic acid groups (broad SMARTS) is 1. The third-order valence-corrected chi connectivity index (χ3v) is 4.53. The molecule has 0 radical (unpaired) electrons. The Labute approximate surface area is 129 Å². The molecule has 2 aliphatic heterocycles. The van der Waals surface area contributed by atoms with Crippen LogP contribution in [0, 0.1) is 0 Å². The highest BCUT2D eigenvalue weighted by molar-refractivity contribution is 5.84. The summed E-state index contributed by atoms with van der Waals surface area (Å²) < 4.78 is 5.61. The zero-order valence-electron chi connectivity index (χ0n) is 12.5. The fourth-order valence-electron chi connectivity index (χ4n) is 3.29. The zero-order valence-corrected chi connectivity index (χ0v) is 12.5. The molecule has 22 heavy (non-hydrogen) atoms. The molecule has 118 valence electrons. The van der Waals surface area contributed by atoms with E-state index in [1.54, 1.807) is 0 Å². The van der Waals surface area contributed by atoms with Crippen LogP contribution < -0.4 is 0 Å². The highest BCUT2D eigenvalue weighted by Crippen LogP contribution is 2.25. The number of nitrogens with zero attached hydrogens (tertiary/aromatic N) is 1. The number of rotatable bonds is 3. The minimum Gasteiger partial charge on any atom is -0.480 e. The van der Waals surface area contributed by atoms with Crippen LogP contribution in [0.1, 0.15) is 36.8 Å². The standard InChI is InChI=1S/C17H21NO4/c19-16(10-14-7-3-4-8-22-14)18-11-13-6-2-1-5-12(13)9-15(18)17(20)21/h1-2,5-6,14-15H,3-4,7-11H2,(H,20,21). The van der Waals surface area contributed by atoms with E-state index in [9.17, 15) is 14.7 Å². The Hall–Kier alpha value is -1.88. The molecular formula is C17H21NO4. The van der Waals surface area contributed by atoms with Crippen LogP contribution in [0.2, 0.25) is 0 Å². The van der Waals surface area contributed by atoms with Gasteiger partial charge in [0.2, 0.25) is 5.91 Å². The van der Waals surface area contributed by atoms with Gasteiger partial charge in [0.1, 0.15) is 6.04 Å². The van der Waals surface area contributed by atoms with Crippen LogP contribution in [0.3, 0.4) is 0 Å². The van der Waals surface area contributed by atoms with Crippen molar-refractivity contribution < 1.29 is 19.4 Å². The lowest BCUT2D eigenvalue weighted by Gasteiger charge is -2.35. The topological polar surface area (TPSA) is 66.8 Å². The van der Waals surface area contributed by atoms with Crippen molar-refractivity contribution in [2.24, 2.45) is 0 Å². The summed E-state index contributed by atoms with van der Waals surface area (Å²) >= 11 is 0. The van der Waals surface area contributed by atoms with Gasteiger partial charge in [-0.1, -0.05) is 24.3 Å². The third kappa shape index (κ3) is 3.14. The first kappa shape index (κ1) is 15.0. The molecule has 0 saturated carbocycles. The fourth-order valence-corrected chi connectivity index (χ4v) is 3.29. The van der Waals surface area contributed by atoms with Crippen molar-refractivity contribution >= 4 is 11.9 Å². The van der Waals surface area contributed by atoms with Crippen LogP contribution in [-0.2, 0) is 27.3 Å². The minimum absolute atomic E-state index is 0.0622. The van der Waals surface area contributed by atoms with Crippen molar-refractivity contribution in [3.63, 3.8) is 0 Å². The van der Waals surface area contributed by atoms with Gasteiger partial charge < -0.3 is 14.7 Å². The molecule has 1 amide bonds. The Balaban J connectivity index is 1.75. The largest absolute Gasteiger partial charge is 0.480 e. The van der Waals surface area contributed by atoms with E-state index in [1.165, 1.54) is 4.90 Å². The van der Waals surface area contributed by atoms with Crippen molar-refractivity contribution in [2.75, 3.05) is 6.61 Å². The van der Waals surface area contributed by atoms with E-state index in [1.807, 2.05) is 24.3 Å². The molecule has 0 bridgehead atoms. The van der Waals surface area contributed by atoms with Gasteiger partial charge in [-0.3, -0.25) is 4.79 Å². The molecular weight excluding hydrogens is 282 g/mol. The number of benzene rings is 1. The summed E-state index contributed by atoms with van der Waals surface area (Å²) in [7, 11) is 0. The number of amides is 1. The van der Waals surface area contributed by atoms with Gasteiger partial charge in [-0.2, -0.15) is 0 Å². The van der Waals surface area contributed by atoms with Crippen molar-refractivity contribution in [1.29, 1.82) is 0 Å². The molecule has 0 spiro atoms. The summed E-state index contributed by atoms with van der Waals surface area (Å²) in [5.41, 5.74) is 2.06. The zero-order chi connectivity index (χ0) is 15.5. The number of hydrogen-bond donors (Lipinski definition) is 1. The smallest absolute Gasteiger partial charge is 0.326 e. The van der Waals surface area contributed by atoms with Gasteiger partial charge in [0.15, 0.2) is 0 Å². The van der Waals surface area contributed by atoms with Crippen LogP contribution in [0.25, 0.3) is 0 Å². The molecule has 2 atom stereocenters. The first-order valence-corrected chi connectivity index (χ1v) is 7.86. The lowest BCUT2D eigenvalue weighted by Crippen LogP contribution is -2.49. The monoisotopic (exact) mass is 303 g/mol. The normalized spacial score (nSPS) is 24.6. The molecule has 2 aliphatic rings. The molecule has 1 fully saturated rings. The van der Waals surface area contributed by atoms with E-state index in [4.69, 9.17) is 4.74 Å². The Kier molecular flexibility index (Phi) is 4.43. The summed E-state index contributed by atoms with van der Waals surface area (Å²) in [4.78, 5) is 25.6. The lowest BCUT2D eigenvalue weighted by atomic mass is 9.93. The molecule has 1 saturated heterocycles. The highest BCUT2D eigenvalue weighted by atomic mass is 16.5. The van der Waals surface area contributed by atoms with Crippen molar-refractivity contribution in [3.8, 4) is 0 Å². The minimum atomic E-state index is -0.938. The van der Waals surface area contributed by atoms with E-state index < -0.39 is 12.0 Å². The van der Waals surface area contributed by atoms with Gasteiger partial charge in [0.05, 0.1) is 12.5 Å². The van der Waals surface area contributed by atoms with E-state index in [2.05, 4.69) is 0 Å². The van der Waals surface area contributed by atoms with Crippen molar-refractivity contribution in [2.45, 2.75) is 50.8 Å². The summed E-state index contributed by atoms with van der Waals surface area (Å²) in [6.07, 6.45) is 3.60. The fraction of sp³-hybridized carbons (Fsp3) is 0.529. The summed E-state index contributed by atoms with van der Waals surface area (Å²) in [6.45, 7) is 1.07. The van der Waals surface area contributed by atoms with Crippen LogP contribution in [0.15, 0.2) is 24.3 Å². The van der Waals surface area contributed by atoms with Crippen LogP contribution >= 0.6 is 0 Å². The first-order valence-electron chi connectivity index (χ1n) is 7.86. The predicted molar refractivity (Wildman–Crippen MR) is 80.3 cm³/mol. The second-order valence-electron chi connectivity index (χ2n) is 6.04. The van der Waals surface area contributed by atoms with Crippen molar-refractivity contribution in [3.05, 3.63) is 35.4 Å². The number of hydrogen-bond acceptors (Lipinski definition) is 3. The Bertz CT molecular complexity index is 566. The average Bonchev–Trinajstić information content (AvgIpc) is 2.54. The lowest BCUT2D eigenvalue weighted by molar-refractivity contribution is -0.153. The number of carboxylic acids is 1. The van der Waals surface area contributed by atoms with Gasteiger partial charge in [0.25, 0.3) is 0 Å². The average molecular weight is 303 g/mol. The molecule has 0 aromatic heterocycles. The maximum Gasteiger partial charge on any atom is 0.326 e.